The summed E-state index contributed by atoms with van der Waals surface area (Å²) in [5.41, 5.74) is 4.18. The monoisotopic (exact) mass is 263 g/mol. The van der Waals surface area contributed by atoms with Crippen LogP contribution in [-0.4, -0.2) is 18.1 Å². The van der Waals surface area contributed by atoms with Crippen LogP contribution in [0.3, 0.4) is 0 Å². The molecule has 4 heteroatoms. The lowest BCUT2D eigenvalue weighted by molar-refractivity contribution is 0.297. The number of nitrogens with two attached hydrogens (primary N) is 1. The fourth-order valence-electron chi connectivity index (χ4n) is 2.97. The normalized spacial score (nSPS) is 18.2. The van der Waals surface area contributed by atoms with E-state index in [1.807, 2.05) is 12.3 Å². The Balaban J connectivity index is 1.86. The van der Waals surface area contributed by atoms with Gasteiger partial charge in [-0.3, -0.25) is 11.3 Å². The highest BCUT2D eigenvalue weighted by atomic mass is 16.5. The van der Waals surface area contributed by atoms with Gasteiger partial charge in [0.2, 0.25) is 5.88 Å². The van der Waals surface area contributed by atoms with Gasteiger partial charge in [-0.1, -0.05) is 38.2 Å². The van der Waals surface area contributed by atoms with Crippen molar-refractivity contribution in [2.24, 2.45) is 11.8 Å². The SMILES string of the molecule is COc1ccc(CC(CC2CCCCC2)NN)cn1. The highest BCUT2D eigenvalue weighted by molar-refractivity contribution is 5.18. The molecule has 3 N–H and O–H groups in total. The molecule has 1 saturated carbocycles. The van der Waals surface area contributed by atoms with Crippen LogP contribution in [0.2, 0.25) is 0 Å². The minimum absolute atomic E-state index is 0.346. The van der Waals surface area contributed by atoms with E-state index in [1.54, 1.807) is 7.11 Å². The molecule has 0 amide bonds. The molecule has 1 heterocycles. The van der Waals surface area contributed by atoms with E-state index in [0.29, 0.717) is 11.9 Å². The molecule has 1 aliphatic rings. The zero-order valence-corrected chi connectivity index (χ0v) is 11.8. The van der Waals surface area contributed by atoms with Crippen LogP contribution in [0, 0.1) is 5.92 Å². The van der Waals surface area contributed by atoms with E-state index in [-0.39, 0.29) is 0 Å². The van der Waals surface area contributed by atoms with E-state index in [9.17, 15) is 0 Å². The van der Waals surface area contributed by atoms with Crippen LogP contribution in [0.25, 0.3) is 0 Å². The molecule has 1 aromatic heterocycles. The summed E-state index contributed by atoms with van der Waals surface area (Å²) < 4.78 is 5.07. The van der Waals surface area contributed by atoms with Crippen molar-refractivity contribution >= 4 is 0 Å². The molecule has 1 atom stereocenters. The highest BCUT2D eigenvalue weighted by Crippen LogP contribution is 2.27. The molecule has 1 unspecified atom stereocenters. The van der Waals surface area contributed by atoms with E-state index in [1.165, 1.54) is 44.1 Å². The van der Waals surface area contributed by atoms with Gasteiger partial charge in [-0.15, -0.1) is 0 Å². The van der Waals surface area contributed by atoms with Gasteiger partial charge in [0.1, 0.15) is 0 Å². The first-order valence-corrected chi connectivity index (χ1v) is 7.27. The zero-order valence-electron chi connectivity index (χ0n) is 11.8. The fourth-order valence-corrected chi connectivity index (χ4v) is 2.97. The number of rotatable bonds is 6. The molecule has 106 valence electrons. The number of hydrogen-bond donors (Lipinski definition) is 2. The first-order chi connectivity index (χ1) is 9.31. The van der Waals surface area contributed by atoms with E-state index < -0.39 is 0 Å². The van der Waals surface area contributed by atoms with Crippen LogP contribution in [0.4, 0.5) is 0 Å². The average Bonchev–Trinajstić information content (AvgIpc) is 2.48. The molecule has 0 spiro atoms. The Morgan fingerprint density at radius 1 is 1.37 bits per heavy atom. The van der Waals surface area contributed by atoms with Crippen molar-refractivity contribution in [1.82, 2.24) is 10.4 Å². The Kier molecular flexibility index (Phi) is 5.61. The molecule has 0 bridgehead atoms. The molecule has 0 radical (unpaired) electrons. The van der Waals surface area contributed by atoms with Gasteiger partial charge in [0, 0.05) is 18.3 Å². The van der Waals surface area contributed by atoms with Crippen molar-refractivity contribution in [3.63, 3.8) is 0 Å². The summed E-state index contributed by atoms with van der Waals surface area (Å²) in [5, 5.41) is 0. The number of ether oxygens (including phenoxy) is 1. The third-order valence-corrected chi connectivity index (χ3v) is 4.07. The summed E-state index contributed by atoms with van der Waals surface area (Å²) in [6.45, 7) is 0. The molecule has 19 heavy (non-hydrogen) atoms. The predicted molar refractivity (Wildman–Crippen MR) is 76.8 cm³/mol. The standard InChI is InChI=1S/C15H25N3O/c1-19-15-8-7-13(11-17-15)10-14(18-16)9-12-5-3-2-4-6-12/h7-8,11-12,14,18H,2-6,9-10,16H2,1H3. The summed E-state index contributed by atoms with van der Waals surface area (Å²) >= 11 is 0. The Bertz CT molecular complexity index is 360. The lowest BCUT2D eigenvalue weighted by Crippen LogP contribution is -2.38. The minimum atomic E-state index is 0.346. The number of nitrogens with one attached hydrogen (secondary N) is 1. The molecular formula is C15H25N3O. The number of aromatic nitrogens is 1. The van der Waals surface area contributed by atoms with Crippen LogP contribution in [0.5, 0.6) is 5.88 Å². The fraction of sp³-hybridized carbons (Fsp3) is 0.667. The molecule has 1 aliphatic carbocycles. The quantitative estimate of drug-likeness (QED) is 0.611. The second-order valence-electron chi connectivity index (χ2n) is 5.52. The van der Waals surface area contributed by atoms with Crippen molar-refractivity contribution in [1.29, 1.82) is 0 Å². The number of nitrogens with zero attached hydrogens (tertiary/aromatic N) is 1. The molecule has 1 fully saturated rings. The van der Waals surface area contributed by atoms with Crippen LogP contribution in [0.1, 0.15) is 44.1 Å². The van der Waals surface area contributed by atoms with Gasteiger partial charge in [-0.05, 0) is 24.3 Å². The summed E-state index contributed by atoms with van der Waals surface area (Å²) in [7, 11) is 1.63. The summed E-state index contributed by atoms with van der Waals surface area (Å²) in [5.74, 6) is 7.19. The van der Waals surface area contributed by atoms with Gasteiger partial charge in [-0.25, -0.2) is 4.98 Å². The van der Waals surface area contributed by atoms with E-state index in [2.05, 4.69) is 16.5 Å². The first-order valence-electron chi connectivity index (χ1n) is 7.27. The van der Waals surface area contributed by atoms with Crippen LogP contribution in [-0.2, 0) is 6.42 Å². The molecule has 1 aromatic rings. The highest BCUT2D eigenvalue weighted by Gasteiger charge is 2.18. The first kappa shape index (κ1) is 14.3. The van der Waals surface area contributed by atoms with Crippen molar-refractivity contribution in [3.8, 4) is 5.88 Å². The van der Waals surface area contributed by atoms with Crippen LogP contribution < -0.4 is 16.0 Å². The maximum Gasteiger partial charge on any atom is 0.212 e. The second-order valence-corrected chi connectivity index (χ2v) is 5.52. The molecular weight excluding hydrogens is 238 g/mol. The number of pyridine rings is 1. The summed E-state index contributed by atoms with van der Waals surface area (Å²) in [6, 6.07) is 4.32. The summed E-state index contributed by atoms with van der Waals surface area (Å²) in [4.78, 5) is 4.24. The van der Waals surface area contributed by atoms with Gasteiger partial charge >= 0.3 is 0 Å². The molecule has 0 saturated heterocycles. The van der Waals surface area contributed by atoms with Crippen molar-refractivity contribution in [3.05, 3.63) is 23.9 Å². The predicted octanol–water partition coefficient (Wildman–Crippen LogP) is 2.43. The Morgan fingerprint density at radius 3 is 2.74 bits per heavy atom. The third-order valence-electron chi connectivity index (χ3n) is 4.07. The van der Waals surface area contributed by atoms with Crippen molar-refractivity contribution in [2.75, 3.05) is 7.11 Å². The van der Waals surface area contributed by atoms with Crippen molar-refractivity contribution < 1.29 is 4.74 Å². The van der Waals surface area contributed by atoms with E-state index >= 15 is 0 Å². The largest absolute Gasteiger partial charge is 0.481 e. The lowest BCUT2D eigenvalue weighted by atomic mass is 9.84. The third kappa shape index (κ3) is 4.48. The van der Waals surface area contributed by atoms with Crippen LogP contribution >= 0.6 is 0 Å². The Morgan fingerprint density at radius 2 is 2.16 bits per heavy atom. The number of hydrogen-bond acceptors (Lipinski definition) is 4. The van der Waals surface area contributed by atoms with Gasteiger partial charge in [0.25, 0.3) is 0 Å². The van der Waals surface area contributed by atoms with E-state index in [0.717, 1.165) is 12.3 Å². The van der Waals surface area contributed by atoms with Gasteiger partial charge in [0.05, 0.1) is 7.11 Å². The smallest absolute Gasteiger partial charge is 0.212 e. The van der Waals surface area contributed by atoms with Crippen LogP contribution in [0.15, 0.2) is 18.3 Å². The topological polar surface area (TPSA) is 60.2 Å². The second kappa shape index (κ2) is 7.46. The number of methoxy groups -OCH3 is 1. The molecule has 0 aromatic carbocycles. The summed E-state index contributed by atoms with van der Waals surface area (Å²) in [6.07, 6.45) is 10.9. The van der Waals surface area contributed by atoms with Crippen molar-refractivity contribution in [2.45, 2.75) is 51.0 Å². The Labute approximate surface area is 115 Å². The van der Waals surface area contributed by atoms with Gasteiger partial charge < -0.3 is 4.74 Å². The van der Waals surface area contributed by atoms with Gasteiger partial charge in [0.15, 0.2) is 0 Å². The Hall–Kier alpha value is -1.13. The van der Waals surface area contributed by atoms with E-state index in [4.69, 9.17) is 10.6 Å². The average molecular weight is 263 g/mol. The van der Waals surface area contributed by atoms with Gasteiger partial charge in [-0.2, -0.15) is 0 Å². The zero-order chi connectivity index (χ0) is 13.5. The maximum absolute atomic E-state index is 5.70. The lowest BCUT2D eigenvalue weighted by Gasteiger charge is -2.26. The minimum Gasteiger partial charge on any atom is -0.481 e. The molecule has 2 rings (SSSR count). The molecule has 4 nitrogen and oxygen atoms in total. The molecule has 0 aliphatic heterocycles. The number of hydrazine groups is 1. The maximum atomic E-state index is 5.70.